The Morgan fingerprint density at radius 1 is 0.978 bits per heavy atom. The number of esters is 1. The highest BCUT2D eigenvalue weighted by atomic mass is 32.2. The zero-order valence-electron chi connectivity index (χ0n) is 26.3. The molecule has 0 amide bonds. The standard InChI is InChI=1S/C35H40N2O8S/c1-25-13-19-30(20-14-25)46(39,40)37-31(26(2)9-8-12-35(38)42-4)23-36-43-24-34-33(44-29-17-15-28(41-3)16-18-29)22-21-32(45-34)27-10-6-5-7-11-27/h5-11,13-23,26,31-34,37H,12,24H2,1-4H3/b9-8+,36-23+/t26-,31-,32+,33+,34-/m1/s1. The van der Waals surface area contributed by atoms with E-state index in [1.54, 1.807) is 50.5 Å². The molecule has 46 heavy (non-hydrogen) atoms. The third kappa shape index (κ3) is 10.0. The molecule has 1 heterocycles. The third-order valence-electron chi connectivity index (χ3n) is 7.30. The summed E-state index contributed by atoms with van der Waals surface area (Å²) in [6.07, 6.45) is 7.34. The number of oxime groups is 1. The molecule has 244 valence electrons. The molecule has 3 aromatic rings. The van der Waals surface area contributed by atoms with Crippen molar-refractivity contribution in [3.05, 3.63) is 114 Å². The maximum absolute atomic E-state index is 13.2. The first-order chi connectivity index (χ1) is 22.2. The second-order valence-corrected chi connectivity index (χ2v) is 12.4. The van der Waals surface area contributed by atoms with Crippen LogP contribution in [0.3, 0.4) is 0 Å². The monoisotopic (exact) mass is 648 g/mol. The molecule has 3 aromatic carbocycles. The number of hydrogen-bond donors (Lipinski definition) is 1. The van der Waals surface area contributed by atoms with Crippen LogP contribution >= 0.6 is 0 Å². The Morgan fingerprint density at radius 2 is 1.67 bits per heavy atom. The van der Waals surface area contributed by atoms with Gasteiger partial charge in [0.2, 0.25) is 10.0 Å². The van der Waals surface area contributed by atoms with Gasteiger partial charge in [-0.1, -0.05) is 78.3 Å². The Labute approximate surface area is 270 Å². The Bertz CT molecular complexity index is 1590. The van der Waals surface area contributed by atoms with Gasteiger partial charge in [0, 0.05) is 0 Å². The normalized spacial score (nSPS) is 19.5. The molecule has 1 aliphatic heterocycles. The van der Waals surface area contributed by atoms with Gasteiger partial charge in [-0.25, -0.2) is 13.1 Å². The second-order valence-electron chi connectivity index (χ2n) is 10.7. The fraction of sp³-hybridized carbons (Fsp3) is 0.314. The van der Waals surface area contributed by atoms with Gasteiger partial charge in [0.05, 0.1) is 37.8 Å². The molecular weight excluding hydrogens is 608 g/mol. The largest absolute Gasteiger partial charge is 0.497 e. The van der Waals surface area contributed by atoms with Crippen LogP contribution in [-0.4, -0.2) is 59.7 Å². The van der Waals surface area contributed by atoms with Crippen molar-refractivity contribution in [1.29, 1.82) is 0 Å². The lowest BCUT2D eigenvalue weighted by Crippen LogP contribution is -2.41. The van der Waals surface area contributed by atoms with Crippen molar-refractivity contribution < 1.29 is 37.0 Å². The summed E-state index contributed by atoms with van der Waals surface area (Å²) in [6, 6.07) is 22.8. The smallest absolute Gasteiger partial charge is 0.309 e. The summed E-state index contributed by atoms with van der Waals surface area (Å²) in [4.78, 5) is 17.4. The summed E-state index contributed by atoms with van der Waals surface area (Å²) >= 11 is 0. The molecule has 0 aromatic heterocycles. The number of methoxy groups -OCH3 is 2. The highest BCUT2D eigenvalue weighted by Gasteiger charge is 2.31. The first kappa shape index (κ1) is 34.4. The summed E-state index contributed by atoms with van der Waals surface area (Å²) in [6.45, 7) is 3.71. The van der Waals surface area contributed by atoms with E-state index in [0.717, 1.165) is 11.1 Å². The van der Waals surface area contributed by atoms with Crippen molar-refractivity contribution in [3.63, 3.8) is 0 Å². The van der Waals surface area contributed by atoms with E-state index in [4.69, 9.17) is 19.0 Å². The van der Waals surface area contributed by atoms with Crippen molar-refractivity contribution in [1.82, 2.24) is 4.72 Å². The minimum absolute atomic E-state index is 0.0228. The van der Waals surface area contributed by atoms with Gasteiger partial charge in [0.15, 0.2) is 0 Å². The lowest BCUT2D eigenvalue weighted by Gasteiger charge is -2.32. The van der Waals surface area contributed by atoms with Crippen molar-refractivity contribution in [3.8, 4) is 11.5 Å². The van der Waals surface area contributed by atoms with Crippen LogP contribution in [0.4, 0.5) is 0 Å². The fourth-order valence-corrected chi connectivity index (χ4v) is 5.85. The lowest BCUT2D eigenvalue weighted by atomic mass is 10.0. The Hall–Kier alpha value is -4.45. The number of ether oxygens (including phenoxy) is 4. The highest BCUT2D eigenvalue weighted by molar-refractivity contribution is 7.89. The molecule has 5 atom stereocenters. The van der Waals surface area contributed by atoms with Crippen LogP contribution in [0, 0.1) is 12.8 Å². The molecule has 0 spiro atoms. The predicted octanol–water partition coefficient (Wildman–Crippen LogP) is 5.55. The molecule has 0 unspecified atom stereocenters. The number of rotatable bonds is 15. The van der Waals surface area contributed by atoms with Gasteiger partial charge in [0.1, 0.15) is 36.4 Å². The van der Waals surface area contributed by atoms with E-state index in [-0.39, 0.29) is 29.9 Å². The Kier molecular flexibility index (Phi) is 12.5. The van der Waals surface area contributed by atoms with Crippen LogP contribution in [0.1, 0.15) is 30.6 Å². The van der Waals surface area contributed by atoms with Crippen LogP contribution < -0.4 is 14.2 Å². The van der Waals surface area contributed by atoms with Gasteiger partial charge in [-0.2, -0.15) is 0 Å². The fourth-order valence-electron chi connectivity index (χ4n) is 4.58. The maximum atomic E-state index is 13.2. The van der Waals surface area contributed by atoms with Gasteiger partial charge >= 0.3 is 5.97 Å². The van der Waals surface area contributed by atoms with Crippen LogP contribution in [0.5, 0.6) is 11.5 Å². The van der Waals surface area contributed by atoms with E-state index in [2.05, 4.69) is 14.6 Å². The van der Waals surface area contributed by atoms with Gasteiger partial charge < -0.3 is 23.8 Å². The molecule has 1 aliphatic rings. The SMILES string of the molecule is COC(=O)C/C=C/[C@@H](C)[C@@H](/C=N/OC[C@H]1O[C@H](c2ccccc2)C=C[C@@H]1Oc1ccc(OC)cc1)NS(=O)(=O)c1ccc(C)cc1. The minimum atomic E-state index is -3.90. The number of nitrogens with zero attached hydrogens (tertiary/aromatic N) is 1. The first-order valence-electron chi connectivity index (χ1n) is 14.9. The number of benzene rings is 3. The van der Waals surface area contributed by atoms with Gasteiger partial charge in [0.25, 0.3) is 0 Å². The summed E-state index contributed by atoms with van der Waals surface area (Å²) in [7, 11) is -0.988. The number of nitrogens with one attached hydrogen (secondary N) is 1. The Balaban J connectivity index is 1.49. The summed E-state index contributed by atoms with van der Waals surface area (Å²) in [5.74, 6) is 0.547. The number of hydrogen-bond acceptors (Lipinski definition) is 9. The third-order valence-corrected chi connectivity index (χ3v) is 8.77. The number of sulfonamides is 1. The average molecular weight is 649 g/mol. The minimum Gasteiger partial charge on any atom is -0.497 e. The zero-order valence-corrected chi connectivity index (χ0v) is 27.1. The average Bonchev–Trinajstić information content (AvgIpc) is 3.07. The quantitative estimate of drug-likeness (QED) is 0.0986. The zero-order chi connectivity index (χ0) is 32.9. The molecule has 4 rings (SSSR count). The van der Waals surface area contributed by atoms with Crippen LogP contribution in [0.2, 0.25) is 0 Å². The molecule has 0 fully saturated rings. The molecule has 0 saturated heterocycles. The summed E-state index contributed by atoms with van der Waals surface area (Å²) in [5.41, 5.74) is 1.92. The topological polar surface area (TPSA) is 122 Å². The maximum Gasteiger partial charge on any atom is 0.309 e. The van der Waals surface area contributed by atoms with E-state index in [1.807, 2.05) is 73.7 Å². The molecule has 0 radical (unpaired) electrons. The van der Waals surface area contributed by atoms with Crippen molar-refractivity contribution >= 4 is 22.2 Å². The van der Waals surface area contributed by atoms with Crippen LogP contribution in [-0.2, 0) is 29.1 Å². The lowest BCUT2D eigenvalue weighted by molar-refractivity contribution is -0.139. The van der Waals surface area contributed by atoms with Crippen molar-refractivity contribution in [2.75, 3.05) is 20.8 Å². The van der Waals surface area contributed by atoms with Crippen LogP contribution in [0.25, 0.3) is 0 Å². The Morgan fingerprint density at radius 3 is 2.35 bits per heavy atom. The molecule has 0 saturated carbocycles. The number of carbonyl (C=O) groups is 1. The highest BCUT2D eigenvalue weighted by Crippen LogP contribution is 2.29. The van der Waals surface area contributed by atoms with Gasteiger partial charge in [-0.3, -0.25) is 4.79 Å². The molecule has 0 bridgehead atoms. The van der Waals surface area contributed by atoms with Gasteiger partial charge in [-0.15, -0.1) is 0 Å². The molecule has 11 heteroatoms. The summed E-state index contributed by atoms with van der Waals surface area (Å²) in [5, 5.41) is 4.15. The van der Waals surface area contributed by atoms with Crippen molar-refractivity contribution in [2.24, 2.45) is 11.1 Å². The molecule has 10 nitrogen and oxygen atoms in total. The van der Waals surface area contributed by atoms with Crippen LogP contribution in [0.15, 0.2) is 113 Å². The number of carbonyl (C=O) groups excluding carboxylic acids is 1. The molecule has 0 aliphatic carbocycles. The van der Waals surface area contributed by atoms with E-state index in [9.17, 15) is 13.2 Å². The van der Waals surface area contributed by atoms with Crippen molar-refractivity contribution in [2.45, 2.75) is 49.5 Å². The van der Waals surface area contributed by atoms with E-state index in [1.165, 1.54) is 13.3 Å². The molecular formula is C35H40N2O8S. The number of aryl methyl sites for hydroxylation is 1. The van der Waals surface area contributed by atoms with Gasteiger partial charge in [-0.05, 0) is 60.9 Å². The van der Waals surface area contributed by atoms with E-state index >= 15 is 0 Å². The predicted molar refractivity (Wildman–Crippen MR) is 175 cm³/mol. The second kappa shape index (κ2) is 16.7. The van der Waals surface area contributed by atoms with E-state index < -0.39 is 34.2 Å². The first-order valence-corrected chi connectivity index (χ1v) is 16.3. The molecule has 1 N–H and O–H groups in total. The summed E-state index contributed by atoms with van der Waals surface area (Å²) < 4.78 is 51.7. The van der Waals surface area contributed by atoms with E-state index in [0.29, 0.717) is 11.5 Å².